The Hall–Kier alpha value is -1.07. The van der Waals surface area contributed by atoms with Crippen molar-refractivity contribution >= 4 is 10.0 Å². The SMILES string of the molecule is CCCS(=O)(=O)NCc1cc(C)c(OC)cc1C. The molecule has 4 nitrogen and oxygen atoms in total. The zero-order valence-electron chi connectivity index (χ0n) is 11.4. The number of hydrogen-bond acceptors (Lipinski definition) is 3. The van der Waals surface area contributed by atoms with E-state index in [1.165, 1.54) is 0 Å². The monoisotopic (exact) mass is 271 g/mol. The number of nitrogens with one attached hydrogen (secondary N) is 1. The first-order chi connectivity index (χ1) is 8.39. The van der Waals surface area contributed by atoms with Gasteiger partial charge in [0.15, 0.2) is 0 Å². The van der Waals surface area contributed by atoms with Crippen LogP contribution in [0.4, 0.5) is 0 Å². The Labute approximate surface area is 109 Å². The molecule has 0 aliphatic carbocycles. The fraction of sp³-hybridized carbons (Fsp3) is 0.538. The molecule has 0 bridgehead atoms. The summed E-state index contributed by atoms with van der Waals surface area (Å²) in [5.74, 6) is 0.994. The lowest BCUT2D eigenvalue weighted by molar-refractivity contribution is 0.411. The van der Waals surface area contributed by atoms with E-state index in [1.54, 1.807) is 7.11 Å². The van der Waals surface area contributed by atoms with Crippen molar-refractivity contribution in [2.24, 2.45) is 0 Å². The van der Waals surface area contributed by atoms with Crippen molar-refractivity contribution in [1.82, 2.24) is 4.72 Å². The molecule has 0 amide bonds. The summed E-state index contributed by atoms with van der Waals surface area (Å²) in [7, 11) is -1.53. The molecule has 0 atom stereocenters. The topological polar surface area (TPSA) is 55.4 Å². The highest BCUT2D eigenvalue weighted by molar-refractivity contribution is 7.89. The molecule has 0 aliphatic heterocycles. The molecule has 5 heteroatoms. The van der Waals surface area contributed by atoms with Gasteiger partial charge in [-0.05, 0) is 43.0 Å². The fourth-order valence-electron chi connectivity index (χ4n) is 1.79. The van der Waals surface area contributed by atoms with Gasteiger partial charge in [0, 0.05) is 6.54 Å². The van der Waals surface area contributed by atoms with Gasteiger partial charge >= 0.3 is 0 Å². The Bertz CT molecular complexity index is 509. The number of ether oxygens (including phenoxy) is 1. The molecule has 1 rings (SSSR count). The van der Waals surface area contributed by atoms with Crippen molar-refractivity contribution in [2.45, 2.75) is 33.7 Å². The molecule has 0 saturated heterocycles. The maximum absolute atomic E-state index is 11.6. The van der Waals surface area contributed by atoms with Gasteiger partial charge in [0.1, 0.15) is 5.75 Å². The molecule has 0 radical (unpaired) electrons. The van der Waals surface area contributed by atoms with Crippen LogP contribution in [0.1, 0.15) is 30.0 Å². The van der Waals surface area contributed by atoms with Crippen LogP contribution in [0.15, 0.2) is 12.1 Å². The molecule has 1 N–H and O–H groups in total. The van der Waals surface area contributed by atoms with Gasteiger partial charge in [-0.25, -0.2) is 13.1 Å². The summed E-state index contributed by atoms with van der Waals surface area (Å²) in [5.41, 5.74) is 3.01. The third kappa shape index (κ3) is 3.99. The molecule has 1 aromatic carbocycles. The molecule has 0 saturated carbocycles. The molecule has 0 unspecified atom stereocenters. The summed E-state index contributed by atoms with van der Waals surface area (Å²) in [6.07, 6.45) is 0.621. The molecule has 102 valence electrons. The van der Waals surface area contributed by atoms with E-state index in [-0.39, 0.29) is 5.75 Å². The first-order valence-corrected chi connectivity index (χ1v) is 7.66. The Balaban J connectivity index is 2.83. The van der Waals surface area contributed by atoms with Crippen LogP contribution in [0, 0.1) is 13.8 Å². The van der Waals surface area contributed by atoms with Crippen LogP contribution in [0.5, 0.6) is 5.75 Å². The average molecular weight is 271 g/mol. The van der Waals surface area contributed by atoms with E-state index in [1.807, 2.05) is 32.9 Å². The number of sulfonamides is 1. The number of hydrogen-bond donors (Lipinski definition) is 1. The third-order valence-electron chi connectivity index (χ3n) is 2.81. The maximum Gasteiger partial charge on any atom is 0.211 e. The fourth-order valence-corrected chi connectivity index (χ4v) is 2.85. The zero-order chi connectivity index (χ0) is 13.8. The summed E-state index contributed by atoms with van der Waals surface area (Å²) in [5, 5.41) is 0. The third-order valence-corrected chi connectivity index (χ3v) is 4.34. The first-order valence-electron chi connectivity index (χ1n) is 6.01. The molecule has 0 spiro atoms. The zero-order valence-corrected chi connectivity index (χ0v) is 12.2. The normalized spacial score (nSPS) is 11.6. The van der Waals surface area contributed by atoms with Crippen LogP contribution in [0.2, 0.25) is 0 Å². The second-order valence-corrected chi connectivity index (χ2v) is 6.31. The minimum absolute atomic E-state index is 0.168. The Morgan fingerprint density at radius 3 is 2.44 bits per heavy atom. The number of aryl methyl sites for hydroxylation is 2. The van der Waals surface area contributed by atoms with Crippen LogP contribution in [0.25, 0.3) is 0 Å². The standard InChI is InChI=1S/C13H21NO3S/c1-5-6-18(15,16)14-9-12-7-11(3)13(17-4)8-10(12)2/h7-8,14H,5-6,9H2,1-4H3. The van der Waals surface area contributed by atoms with Crippen molar-refractivity contribution in [3.05, 3.63) is 28.8 Å². The van der Waals surface area contributed by atoms with Gasteiger partial charge in [0.2, 0.25) is 10.0 Å². The molecule has 0 heterocycles. The predicted molar refractivity (Wildman–Crippen MR) is 73.4 cm³/mol. The van der Waals surface area contributed by atoms with Gasteiger partial charge in [0.25, 0.3) is 0 Å². The van der Waals surface area contributed by atoms with Crippen molar-refractivity contribution < 1.29 is 13.2 Å². The predicted octanol–water partition coefficient (Wildman–Crippen LogP) is 2.14. The quantitative estimate of drug-likeness (QED) is 0.862. The van der Waals surface area contributed by atoms with Crippen LogP contribution in [-0.4, -0.2) is 21.3 Å². The summed E-state index contributed by atoms with van der Waals surface area (Å²) < 4.78 is 31.0. The summed E-state index contributed by atoms with van der Waals surface area (Å²) >= 11 is 0. The minimum Gasteiger partial charge on any atom is -0.496 e. The highest BCUT2D eigenvalue weighted by Crippen LogP contribution is 2.22. The molecule has 18 heavy (non-hydrogen) atoms. The second-order valence-electron chi connectivity index (χ2n) is 4.39. The second kappa shape index (κ2) is 6.20. The maximum atomic E-state index is 11.6. The first kappa shape index (κ1) is 15.0. The lowest BCUT2D eigenvalue weighted by Crippen LogP contribution is -2.26. The average Bonchev–Trinajstić information content (AvgIpc) is 2.29. The van der Waals surface area contributed by atoms with Gasteiger partial charge in [-0.15, -0.1) is 0 Å². The van der Waals surface area contributed by atoms with Crippen molar-refractivity contribution in [1.29, 1.82) is 0 Å². The van der Waals surface area contributed by atoms with E-state index in [9.17, 15) is 8.42 Å². The molecular weight excluding hydrogens is 250 g/mol. The van der Waals surface area contributed by atoms with Crippen LogP contribution in [-0.2, 0) is 16.6 Å². The molecule has 0 fully saturated rings. The van der Waals surface area contributed by atoms with Gasteiger partial charge in [-0.2, -0.15) is 0 Å². The largest absolute Gasteiger partial charge is 0.496 e. The summed E-state index contributed by atoms with van der Waals surface area (Å²) in [6.45, 7) is 6.08. The number of methoxy groups -OCH3 is 1. The van der Waals surface area contributed by atoms with Crippen LogP contribution in [0.3, 0.4) is 0 Å². The number of benzene rings is 1. The van der Waals surface area contributed by atoms with Gasteiger partial charge in [-0.3, -0.25) is 0 Å². The van der Waals surface area contributed by atoms with Gasteiger partial charge < -0.3 is 4.74 Å². The number of rotatable bonds is 6. The summed E-state index contributed by atoms with van der Waals surface area (Å²) in [6, 6.07) is 3.89. The lowest BCUT2D eigenvalue weighted by Gasteiger charge is -2.12. The molecule has 0 aromatic heterocycles. The van der Waals surface area contributed by atoms with Crippen molar-refractivity contribution in [2.75, 3.05) is 12.9 Å². The Kier molecular flexibility index (Phi) is 5.16. The smallest absolute Gasteiger partial charge is 0.211 e. The molecular formula is C13H21NO3S. The van der Waals surface area contributed by atoms with Crippen LogP contribution >= 0.6 is 0 Å². The van der Waals surface area contributed by atoms with Gasteiger partial charge in [0.05, 0.1) is 12.9 Å². The molecule has 0 aliphatic rings. The highest BCUT2D eigenvalue weighted by atomic mass is 32.2. The van der Waals surface area contributed by atoms with E-state index >= 15 is 0 Å². The lowest BCUT2D eigenvalue weighted by atomic mass is 10.0. The summed E-state index contributed by atoms with van der Waals surface area (Å²) in [4.78, 5) is 0. The van der Waals surface area contributed by atoms with Crippen molar-refractivity contribution in [3.63, 3.8) is 0 Å². The van der Waals surface area contributed by atoms with E-state index in [4.69, 9.17) is 4.74 Å². The van der Waals surface area contributed by atoms with E-state index in [2.05, 4.69) is 4.72 Å². The minimum atomic E-state index is -3.16. The van der Waals surface area contributed by atoms with E-state index < -0.39 is 10.0 Å². The Morgan fingerprint density at radius 2 is 1.89 bits per heavy atom. The Morgan fingerprint density at radius 1 is 1.22 bits per heavy atom. The highest BCUT2D eigenvalue weighted by Gasteiger charge is 2.10. The van der Waals surface area contributed by atoms with E-state index in [0.717, 1.165) is 22.4 Å². The van der Waals surface area contributed by atoms with E-state index in [0.29, 0.717) is 13.0 Å². The van der Waals surface area contributed by atoms with Gasteiger partial charge in [-0.1, -0.05) is 13.0 Å². The van der Waals surface area contributed by atoms with Crippen molar-refractivity contribution in [3.8, 4) is 5.75 Å². The van der Waals surface area contributed by atoms with Crippen LogP contribution < -0.4 is 9.46 Å². The molecule has 1 aromatic rings.